The lowest BCUT2D eigenvalue weighted by atomic mass is 10.1. The molecule has 2 heteroatoms. The number of hydrogen-bond donors (Lipinski definition) is 1. The van der Waals surface area contributed by atoms with Crippen LogP contribution in [0.5, 0.6) is 0 Å². The molecular weight excluding hydrogens is 210 g/mol. The maximum Gasteiger partial charge on any atom is 0.0594 e. The summed E-state index contributed by atoms with van der Waals surface area (Å²) in [5.74, 6) is 0.793. The van der Waals surface area contributed by atoms with Crippen molar-refractivity contribution in [2.24, 2.45) is 5.92 Å². The van der Waals surface area contributed by atoms with E-state index in [0.717, 1.165) is 25.6 Å². The Morgan fingerprint density at radius 1 is 0.941 bits per heavy atom. The molecule has 17 heavy (non-hydrogen) atoms. The van der Waals surface area contributed by atoms with Crippen LogP contribution < -0.4 is 5.32 Å². The molecule has 2 nitrogen and oxygen atoms in total. The van der Waals surface area contributed by atoms with Crippen LogP contribution in [0.3, 0.4) is 0 Å². The van der Waals surface area contributed by atoms with Crippen molar-refractivity contribution in [1.29, 1.82) is 0 Å². The van der Waals surface area contributed by atoms with E-state index in [0.29, 0.717) is 6.10 Å². The maximum atomic E-state index is 5.77. The van der Waals surface area contributed by atoms with E-state index in [1.807, 2.05) is 0 Å². The van der Waals surface area contributed by atoms with Gasteiger partial charge in [-0.15, -0.1) is 0 Å². The first kappa shape index (κ1) is 16.9. The Kier molecular flexibility index (Phi) is 12.3. The molecule has 0 radical (unpaired) electrons. The zero-order valence-corrected chi connectivity index (χ0v) is 12.4. The van der Waals surface area contributed by atoms with E-state index in [-0.39, 0.29) is 0 Å². The molecule has 0 amide bonds. The third-order valence-electron chi connectivity index (χ3n) is 3.04. The van der Waals surface area contributed by atoms with Gasteiger partial charge in [0.25, 0.3) is 0 Å². The van der Waals surface area contributed by atoms with Gasteiger partial charge in [0.15, 0.2) is 0 Å². The van der Waals surface area contributed by atoms with Gasteiger partial charge in [-0.2, -0.15) is 0 Å². The van der Waals surface area contributed by atoms with Crippen LogP contribution in [0.25, 0.3) is 0 Å². The van der Waals surface area contributed by atoms with Gasteiger partial charge in [-0.1, -0.05) is 46.5 Å². The number of unbranched alkanes of at least 4 members (excludes halogenated alkanes) is 3. The van der Waals surface area contributed by atoms with Crippen LogP contribution in [-0.4, -0.2) is 25.8 Å². The second-order valence-electron chi connectivity index (χ2n) is 5.46. The largest absolute Gasteiger partial charge is 0.377 e. The normalized spacial score (nSPS) is 13.2. The second-order valence-corrected chi connectivity index (χ2v) is 5.46. The SMILES string of the molecule is CCCCCCC(C)OCCNCCC(C)C. The molecule has 0 aromatic heterocycles. The lowest BCUT2D eigenvalue weighted by molar-refractivity contribution is 0.0604. The topological polar surface area (TPSA) is 21.3 Å². The Labute approximate surface area is 109 Å². The molecule has 0 bridgehead atoms. The van der Waals surface area contributed by atoms with Gasteiger partial charge in [0.2, 0.25) is 0 Å². The zero-order valence-electron chi connectivity index (χ0n) is 12.4. The summed E-state index contributed by atoms with van der Waals surface area (Å²) in [6.45, 7) is 11.9. The van der Waals surface area contributed by atoms with Crippen molar-refractivity contribution < 1.29 is 4.74 Å². The highest BCUT2D eigenvalue weighted by atomic mass is 16.5. The number of nitrogens with one attached hydrogen (secondary N) is 1. The third kappa shape index (κ3) is 13.9. The molecule has 0 aliphatic carbocycles. The summed E-state index contributed by atoms with van der Waals surface area (Å²) in [6, 6.07) is 0. The molecule has 0 rings (SSSR count). The predicted molar refractivity (Wildman–Crippen MR) is 76.5 cm³/mol. The summed E-state index contributed by atoms with van der Waals surface area (Å²) in [5.41, 5.74) is 0. The van der Waals surface area contributed by atoms with Crippen LogP contribution in [0, 0.1) is 5.92 Å². The molecule has 0 aliphatic heterocycles. The lowest BCUT2D eigenvalue weighted by Gasteiger charge is -2.13. The molecule has 0 spiro atoms. The van der Waals surface area contributed by atoms with Crippen molar-refractivity contribution >= 4 is 0 Å². The van der Waals surface area contributed by atoms with Crippen molar-refractivity contribution in [2.45, 2.75) is 72.3 Å². The highest BCUT2D eigenvalue weighted by Gasteiger charge is 2.01. The Bertz CT molecular complexity index is 148. The minimum atomic E-state index is 0.429. The summed E-state index contributed by atoms with van der Waals surface area (Å²) in [7, 11) is 0. The van der Waals surface area contributed by atoms with Gasteiger partial charge in [-0.3, -0.25) is 0 Å². The minimum absolute atomic E-state index is 0.429. The van der Waals surface area contributed by atoms with Crippen molar-refractivity contribution in [3.63, 3.8) is 0 Å². The molecule has 0 fully saturated rings. The highest BCUT2D eigenvalue weighted by Crippen LogP contribution is 2.07. The van der Waals surface area contributed by atoms with Gasteiger partial charge >= 0.3 is 0 Å². The monoisotopic (exact) mass is 243 g/mol. The van der Waals surface area contributed by atoms with Crippen LogP contribution in [0.1, 0.15) is 66.2 Å². The minimum Gasteiger partial charge on any atom is -0.377 e. The highest BCUT2D eigenvalue weighted by molar-refractivity contribution is 4.54. The first-order valence-corrected chi connectivity index (χ1v) is 7.49. The van der Waals surface area contributed by atoms with Crippen molar-refractivity contribution in [3.8, 4) is 0 Å². The van der Waals surface area contributed by atoms with Gasteiger partial charge in [0.05, 0.1) is 12.7 Å². The summed E-state index contributed by atoms with van der Waals surface area (Å²) < 4.78 is 5.77. The van der Waals surface area contributed by atoms with E-state index in [1.54, 1.807) is 0 Å². The van der Waals surface area contributed by atoms with E-state index in [2.05, 4.69) is 33.0 Å². The molecule has 0 heterocycles. The second kappa shape index (κ2) is 12.4. The van der Waals surface area contributed by atoms with Gasteiger partial charge in [-0.25, -0.2) is 0 Å². The van der Waals surface area contributed by atoms with Crippen LogP contribution in [0.15, 0.2) is 0 Å². The van der Waals surface area contributed by atoms with Gasteiger partial charge in [0, 0.05) is 6.54 Å². The average Bonchev–Trinajstić information content (AvgIpc) is 2.29. The number of ether oxygens (including phenoxy) is 1. The Morgan fingerprint density at radius 2 is 1.71 bits per heavy atom. The van der Waals surface area contributed by atoms with E-state index >= 15 is 0 Å². The molecule has 1 atom stereocenters. The van der Waals surface area contributed by atoms with Crippen molar-refractivity contribution in [2.75, 3.05) is 19.7 Å². The zero-order chi connectivity index (χ0) is 12.9. The average molecular weight is 243 g/mol. The Morgan fingerprint density at radius 3 is 2.35 bits per heavy atom. The summed E-state index contributed by atoms with van der Waals surface area (Å²) in [5, 5.41) is 3.42. The summed E-state index contributed by atoms with van der Waals surface area (Å²) in [6.07, 6.45) is 8.25. The van der Waals surface area contributed by atoms with Crippen LogP contribution in [0.4, 0.5) is 0 Å². The maximum absolute atomic E-state index is 5.77. The molecule has 0 aliphatic rings. The third-order valence-corrected chi connectivity index (χ3v) is 3.04. The fraction of sp³-hybridized carbons (Fsp3) is 1.00. The van der Waals surface area contributed by atoms with Crippen LogP contribution in [-0.2, 0) is 4.74 Å². The first-order chi connectivity index (χ1) is 8.16. The lowest BCUT2D eigenvalue weighted by Crippen LogP contribution is -2.23. The van der Waals surface area contributed by atoms with Gasteiger partial charge < -0.3 is 10.1 Å². The van der Waals surface area contributed by atoms with Crippen LogP contribution >= 0.6 is 0 Å². The molecule has 0 saturated carbocycles. The van der Waals surface area contributed by atoms with Gasteiger partial charge in [-0.05, 0) is 32.2 Å². The molecule has 1 unspecified atom stereocenters. The standard InChI is InChI=1S/C15H33NO/c1-5-6-7-8-9-15(4)17-13-12-16-11-10-14(2)3/h14-16H,5-13H2,1-4H3. The molecule has 104 valence electrons. The smallest absolute Gasteiger partial charge is 0.0594 e. The molecule has 0 aromatic carbocycles. The Balaban J connectivity index is 3.13. The first-order valence-electron chi connectivity index (χ1n) is 7.49. The van der Waals surface area contributed by atoms with Crippen molar-refractivity contribution in [1.82, 2.24) is 5.32 Å². The fourth-order valence-corrected chi connectivity index (χ4v) is 1.79. The molecular formula is C15H33NO. The van der Waals surface area contributed by atoms with E-state index < -0.39 is 0 Å². The predicted octanol–water partition coefficient (Wildman–Crippen LogP) is 4.00. The number of hydrogen-bond acceptors (Lipinski definition) is 2. The molecule has 0 saturated heterocycles. The van der Waals surface area contributed by atoms with E-state index in [9.17, 15) is 0 Å². The Hall–Kier alpha value is -0.0800. The van der Waals surface area contributed by atoms with E-state index in [4.69, 9.17) is 4.74 Å². The summed E-state index contributed by atoms with van der Waals surface area (Å²) >= 11 is 0. The summed E-state index contributed by atoms with van der Waals surface area (Å²) in [4.78, 5) is 0. The van der Waals surface area contributed by atoms with E-state index in [1.165, 1.54) is 38.5 Å². The van der Waals surface area contributed by atoms with Crippen LogP contribution in [0.2, 0.25) is 0 Å². The van der Waals surface area contributed by atoms with Gasteiger partial charge in [0.1, 0.15) is 0 Å². The number of rotatable bonds is 12. The van der Waals surface area contributed by atoms with Crippen molar-refractivity contribution in [3.05, 3.63) is 0 Å². The fourth-order valence-electron chi connectivity index (χ4n) is 1.79. The molecule has 1 N–H and O–H groups in total. The molecule has 0 aromatic rings. The quantitative estimate of drug-likeness (QED) is 0.523.